The van der Waals surface area contributed by atoms with Crippen LogP contribution in [0.25, 0.3) is 28.5 Å². The van der Waals surface area contributed by atoms with Gasteiger partial charge >= 0.3 is 0 Å². The SMILES string of the molecule is C=Cc1cc(CCC)cc(-c2cccc(CN3CCC(N(Cc4ccnc(-c5ccc(O)c(C)c5)c4)c4ccc(F)cc4)CC3)c2)c1.CCCC. The minimum Gasteiger partial charge on any atom is -0.508 e. The summed E-state index contributed by atoms with van der Waals surface area (Å²) in [7, 11) is 0. The molecule has 51 heavy (non-hydrogen) atoms. The van der Waals surface area contributed by atoms with Crippen molar-refractivity contribution in [3.63, 3.8) is 0 Å². The molecule has 5 aromatic rings. The molecule has 6 rings (SSSR count). The Bertz CT molecular complexity index is 1860. The zero-order valence-electron chi connectivity index (χ0n) is 30.9. The quantitative estimate of drug-likeness (QED) is 0.142. The Labute approximate surface area is 305 Å². The average molecular weight is 684 g/mol. The molecule has 0 amide bonds. The summed E-state index contributed by atoms with van der Waals surface area (Å²) in [6, 6.07) is 32.8. The van der Waals surface area contributed by atoms with Crippen molar-refractivity contribution in [1.82, 2.24) is 9.88 Å². The fraction of sp³-hybridized carbons (Fsp3) is 0.326. The molecule has 5 heteroatoms. The molecule has 1 aliphatic heterocycles. The van der Waals surface area contributed by atoms with Crippen LogP contribution in [-0.4, -0.2) is 34.1 Å². The Morgan fingerprint density at radius 1 is 0.804 bits per heavy atom. The van der Waals surface area contributed by atoms with Crippen molar-refractivity contribution < 1.29 is 9.50 Å². The van der Waals surface area contributed by atoms with Gasteiger partial charge in [-0.2, -0.15) is 0 Å². The molecule has 0 bridgehead atoms. The zero-order valence-corrected chi connectivity index (χ0v) is 30.9. The molecule has 0 unspecified atom stereocenters. The topological polar surface area (TPSA) is 39.6 Å². The van der Waals surface area contributed by atoms with Gasteiger partial charge in [0.1, 0.15) is 11.6 Å². The minimum absolute atomic E-state index is 0.225. The summed E-state index contributed by atoms with van der Waals surface area (Å²) in [5.74, 6) is 0.0585. The number of hydrogen-bond donors (Lipinski definition) is 1. The summed E-state index contributed by atoms with van der Waals surface area (Å²) < 4.78 is 14.0. The molecular formula is C46H54FN3O. The van der Waals surface area contributed by atoms with Crippen LogP contribution in [0.15, 0.2) is 110 Å². The normalized spacial score (nSPS) is 13.4. The molecule has 266 valence electrons. The lowest BCUT2D eigenvalue weighted by Crippen LogP contribution is -2.44. The van der Waals surface area contributed by atoms with Crippen LogP contribution in [0.3, 0.4) is 0 Å². The lowest BCUT2D eigenvalue weighted by Gasteiger charge is -2.40. The van der Waals surface area contributed by atoms with E-state index in [4.69, 9.17) is 0 Å². The van der Waals surface area contributed by atoms with Gasteiger partial charge in [0, 0.05) is 49.7 Å². The fourth-order valence-electron chi connectivity index (χ4n) is 6.74. The Balaban J connectivity index is 0.00000120. The van der Waals surface area contributed by atoms with Crippen LogP contribution in [0.2, 0.25) is 0 Å². The van der Waals surface area contributed by atoms with Gasteiger partial charge in [-0.05, 0) is 132 Å². The van der Waals surface area contributed by atoms with Crippen LogP contribution in [-0.2, 0) is 19.5 Å². The van der Waals surface area contributed by atoms with Crippen LogP contribution >= 0.6 is 0 Å². The first-order valence-corrected chi connectivity index (χ1v) is 18.6. The molecule has 1 saturated heterocycles. The number of unbranched alkanes of at least 4 members (excludes halogenated alkanes) is 1. The van der Waals surface area contributed by atoms with E-state index in [9.17, 15) is 9.50 Å². The van der Waals surface area contributed by atoms with Crippen LogP contribution in [0.4, 0.5) is 10.1 Å². The molecule has 0 atom stereocenters. The highest BCUT2D eigenvalue weighted by atomic mass is 19.1. The summed E-state index contributed by atoms with van der Waals surface area (Å²) in [6.45, 7) is 16.1. The van der Waals surface area contributed by atoms with E-state index < -0.39 is 0 Å². The highest BCUT2D eigenvalue weighted by molar-refractivity contribution is 5.69. The number of hydrogen-bond acceptors (Lipinski definition) is 4. The maximum atomic E-state index is 14.0. The average Bonchev–Trinajstić information content (AvgIpc) is 3.16. The number of aromatic nitrogens is 1. The van der Waals surface area contributed by atoms with Gasteiger partial charge in [0.05, 0.1) is 5.69 Å². The molecular weight excluding hydrogens is 630 g/mol. The van der Waals surface area contributed by atoms with Gasteiger partial charge in [0.2, 0.25) is 0 Å². The number of phenols is 1. The van der Waals surface area contributed by atoms with Crippen molar-refractivity contribution in [3.05, 3.63) is 143 Å². The largest absolute Gasteiger partial charge is 0.508 e. The Morgan fingerprint density at radius 3 is 2.24 bits per heavy atom. The van der Waals surface area contributed by atoms with Crippen LogP contribution in [0, 0.1) is 12.7 Å². The van der Waals surface area contributed by atoms with Crippen LogP contribution < -0.4 is 4.90 Å². The van der Waals surface area contributed by atoms with Crippen molar-refractivity contribution in [1.29, 1.82) is 0 Å². The van der Waals surface area contributed by atoms with Gasteiger partial charge in [-0.15, -0.1) is 0 Å². The first-order chi connectivity index (χ1) is 24.8. The predicted molar refractivity (Wildman–Crippen MR) is 214 cm³/mol. The third kappa shape index (κ3) is 10.4. The highest BCUT2D eigenvalue weighted by Gasteiger charge is 2.26. The van der Waals surface area contributed by atoms with Gasteiger partial charge < -0.3 is 10.0 Å². The molecule has 0 radical (unpaired) electrons. The second kappa shape index (κ2) is 18.5. The molecule has 1 N–H and O–H groups in total. The number of pyridine rings is 1. The Hall–Kier alpha value is -4.74. The van der Waals surface area contributed by atoms with E-state index >= 15 is 0 Å². The molecule has 2 heterocycles. The molecule has 4 nitrogen and oxygen atoms in total. The Morgan fingerprint density at radius 2 is 1.55 bits per heavy atom. The maximum absolute atomic E-state index is 14.0. The fourth-order valence-corrected chi connectivity index (χ4v) is 6.74. The van der Waals surface area contributed by atoms with E-state index in [2.05, 4.69) is 96.7 Å². The van der Waals surface area contributed by atoms with Crippen LogP contribution in [0.5, 0.6) is 5.75 Å². The molecule has 0 saturated carbocycles. The number of halogens is 1. The number of benzene rings is 4. The van der Waals surface area contributed by atoms with Gasteiger partial charge in [0.25, 0.3) is 0 Å². The van der Waals surface area contributed by atoms with E-state index in [1.54, 1.807) is 18.2 Å². The van der Waals surface area contributed by atoms with Crippen molar-refractivity contribution in [2.75, 3.05) is 18.0 Å². The summed E-state index contributed by atoms with van der Waals surface area (Å²) in [6.07, 6.45) is 10.7. The second-order valence-corrected chi connectivity index (χ2v) is 13.8. The first-order valence-electron chi connectivity index (χ1n) is 18.6. The molecule has 0 spiro atoms. The van der Waals surface area contributed by atoms with E-state index in [1.165, 1.54) is 40.7 Å². The van der Waals surface area contributed by atoms with Crippen molar-refractivity contribution in [3.8, 4) is 28.1 Å². The maximum Gasteiger partial charge on any atom is 0.123 e. The number of piperidine rings is 1. The van der Waals surface area contributed by atoms with E-state index in [-0.39, 0.29) is 11.6 Å². The third-order valence-corrected chi connectivity index (χ3v) is 9.78. The van der Waals surface area contributed by atoms with Crippen molar-refractivity contribution >= 4 is 11.8 Å². The lowest BCUT2D eigenvalue weighted by atomic mass is 9.96. The van der Waals surface area contributed by atoms with E-state index in [0.717, 1.165) is 73.4 Å². The number of rotatable bonds is 12. The number of aromatic hydroxyl groups is 1. The zero-order chi connectivity index (χ0) is 36.2. The Kier molecular flexibility index (Phi) is 13.6. The number of anilines is 1. The summed E-state index contributed by atoms with van der Waals surface area (Å²) in [5.41, 5.74) is 11.2. The van der Waals surface area contributed by atoms with Gasteiger partial charge in [-0.3, -0.25) is 9.88 Å². The monoisotopic (exact) mass is 683 g/mol. The van der Waals surface area contributed by atoms with Gasteiger partial charge in [0.15, 0.2) is 0 Å². The highest BCUT2D eigenvalue weighted by Crippen LogP contribution is 2.30. The summed E-state index contributed by atoms with van der Waals surface area (Å²) >= 11 is 0. The van der Waals surface area contributed by atoms with Gasteiger partial charge in [-0.1, -0.05) is 83.0 Å². The molecule has 1 aromatic heterocycles. The van der Waals surface area contributed by atoms with E-state index in [0.29, 0.717) is 12.6 Å². The standard InChI is InChI=1S/C42H44FN3O.C4H10/c1-4-7-32-23-31(5-2)24-37(25-32)35-9-6-8-33(26-35)28-45-20-17-40(18-21-45)46(39-13-11-38(43)12-14-39)29-34-16-19-44-41(27-34)36-10-15-42(47)30(3)22-36;1-3-4-2/h5-6,8-16,19,22-27,40,47H,2,4,7,17-18,20-21,28-29H2,1,3H3;3-4H2,1-2H3. The molecule has 4 aromatic carbocycles. The smallest absolute Gasteiger partial charge is 0.123 e. The van der Waals surface area contributed by atoms with Crippen molar-refractivity contribution in [2.45, 2.75) is 85.4 Å². The third-order valence-electron chi connectivity index (χ3n) is 9.78. The minimum atomic E-state index is -0.225. The predicted octanol–water partition coefficient (Wildman–Crippen LogP) is 11.6. The van der Waals surface area contributed by atoms with E-state index in [1.807, 2.05) is 43.5 Å². The second-order valence-electron chi connectivity index (χ2n) is 13.8. The van der Waals surface area contributed by atoms with Crippen molar-refractivity contribution in [2.24, 2.45) is 0 Å². The summed E-state index contributed by atoms with van der Waals surface area (Å²) in [5, 5.41) is 10.00. The number of phenolic OH excluding ortho intramolecular Hbond substituents is 1. The summed E-state index contributed by atoms with van der Waals surface area (Å²) in [4.78, 5) is 9.60. The lowest BCUT2D eigenvalue weighted by molar-refractivity contribution is 0.201. The number of aryl methyl sites for hydroxylation is 2. The van der Waals surface area contributed by atoms with Crippen LogP contribution in [0.1, 0.15) is 80.7 Å². The molecule has 1 fully saturated rings. The number of likely N-dealkylation sites (tertiary alicyclic amines) is 1. The van der Waals surface area contributed by atoms with Gasteiger partial charge in [-0.25, -0.2) is 4.39 Å². The number of nitrogens with zero attached hydrogens (tertiary/aromatic N) is 3. The molecule has 0 aliphatic carbocycles. The molecule has 1 aliphatic rings. The first kappa shape index (κ1) is 37.5.